The number of nitrogens with one attached hydrogen (secondary N) is 1. The van der Waals surface area contributed by atoms with Crippen molar-refractivity contribution < 1.29 is 4.92 Å². The molecule has 6 nitrogen and oxygen atoms in total. The summed E-state index contributed by atoms with van der Waals surface area (Å²) in [7, 11) is 0. The summed E-state index contributed by atoms with van der Waals surface area (Å²) in [4.78, 5) is 15.0. The summed E-state index contributed by atoms with van der Waals surface area (Å²) < 4.78 is 0. The largest absolute Gasteiger partial charge is 0.376 e. The molecule has 1 atom stereocenters. The third-order valence-corrected chi connectivity index (χ3v) is 4.87. The molecule has 0 saturated heterocycles. The molecule has 120 valence electrons. The maximum Gasteiger partial charge on any atom is 0.269 e. The zero-order valence-corrected chi connectivity index (χ0v) is 13.9. The summed E-state index contributed by atoms with van der Waals surface area (Å²) in [6.45, 7) is 0. The van der Waals surface area contributed by atoms with Gasteiger partial charge in [-0.1, -0.05) is 12.1 Å². The molecule has 3 rings (SSSR count). The molecule has 1 heterocycles. The molecule has 8 heteroatoms. The average Bonchev–Trinajstić information content (AvgIpc) is 3.24. The topological polar surface area (TPSA) is 94.1 Å². The molecule has 0 aliphatic heterocycles. The summed E-state index contributed by atoms with van der Waals surface area (Å²) >= 11 is 6.63. The van der Waals surface area contributed by atoms with Crippen molar-refractivity contribution in [3.8, 4) is 0 Å². The molecule has 2 aromatic rings. The molecule has 1 aliphatic rings. The molecule has 0 amide bonds. The van der Waals surface area contributed by atoms with Crippen molar-refractivity contribution in [1.82, 2.24) is 10.3 Å². The summed E-state index contributed by atoms with van der Waals surface area (Å²) in [5, 5.41) is 17.2. The van der Waals surface area contributed by atoms with Crippen LogP contribution < -0.4 is 11.1 Å². The first-order valence-corrected chi connectivity index (χ1v) is 8.56. The van der Waals surface area contributed by atoms with Gasteiger partial charge in [-0.2, -0.15) is 0 Å². The van der Waals surface area contributed by atoms with E-state index in [1.165, 1.54) is 30.0 Å². The molecule has 23 heavy (non-hydrogen) atoms. The van der Waals surface area contributed by atoms with Crippen LogP contribution in [0.1, 0.15) is 41.1 Å². The van der Waals surface area contributed by atoms with Crippen LogP contribution in [0.2, 0.25) is 0 Å². The van der Waals surface area contributed by atoms with E-state index in [0.29, 0.717) is 12.3 Å². The first-order valence-electron chi connectivity index (χ1n) is 7.27. The van der Waals surface area contributed by atoms with Crippen LogP contribution >= 0.6 is 23.6 Å². The Hall–Kier alpha value is -2.06. The average molecular weight is 348 g/mol. The third-order valence-electron chi connectivity index (χ3n) is 3.73. The smallest absolute Gasteiger partial charge is 0.269 e. The number of nitrogens with zero attached hydrogens (tertiary/aromatic N) is 2. The van der Waals surface area contributed by atoms with E-state index >= 15 is 0 Å². The van der Waals surface area contributed by atoms with Crippen LogP contribution in [-0.2, 0) is 6.42 Å². The van der Waals surface area contributed by atoms with Gasteiger partial charge in [0.1, 0.15) is 0 Å². The lowest BCUT2D eigenvalue weighted by atomic mass is 10.0. The number of thiocarbonyl (C=S) groups is 1. The zero-order chi connectivity index (χ0) is 16.4. The quantitative estimate of drug-likeness (QED) is 0.473. The highest BCUT2D eigenvalue weighted by Crippen LogP contribution is 2.42. The van der Waals surface area contributed by atoms with Crippen LogP contribution in [-0.4, -0.2) is 15.0 Å². The number of benzene rings is 1. The van der Waals surface area contributed by atoms with Crippen molar-refractivity contribution in [2.45, 2.75) is 31.2 Å². The fourth-order valence-corrected chi connectivity index (χ4v) is 3.56. The number of rotatable bonds is 6. The Kier molecular flexibility index (Phi) is 4.53. The van der Waals surface area contributed by atoms with Gasteiger partial charge in [0.15, 0.2) is 5.11 Å². The normalized spacial score (nSPS) is 15.1. The number of hydrogen-bond donors (Lipinski definition) is 2. The van der Waals surface area contributed by atoms with Gasteiger partial charge in [-0.15, -0.1) is 11.3 Å². The minimum atomic E-state index is -0.406. The summed E-state index contributed by atoms with van der Waals surface area (Å²) in [5.74, 6) is 0.610. The monoisotopic (exact) mass is 348 g/mol. The van der Waals surface area contributed by atoms with Gasteiger partial charge in [0.25, 0.3) is 5.69 Å². The predicted molar refractivity (Wildman–Crippen MR) is 93.6 cm³/mol. The van der Waals surface area contributed by atoms with Gasteiger partial charge in [0, 0.05) is 23.4 Å². The van der Waals surface area contributed by atoms with E-state index in [-0.39, 0.29) is 16.8 Å². The first-order chi connectivity index (χ1) is 11.0. The van der Waals surface area contributed by atoms with E-state index in [4.69, 9.17) is 22.9 Å². The maximum absolute atomic E-state index is 10.7. The van der Waals surface area contributed by atoms with Crippen LogP contribution in [0.4, 0.5) is 5.69 Å². The van der Waals surface area contributed by atoms with Crippen molar-refractivity contribution in [3.05, 3.63) is 56.0 Å². The SMILES string of the molecule is NC(=S)N[C@@H](Cc1ccc([N+](=O)[O-])cc1)c1csc(C2CC2)n1. The number of nitrogens with two attached hydrogens (primary N) is 1. The number of aromatic nitrogens is 1. The summed E-state index contributed by atoms with van der Waals surface area (Å²) in [6.07, 6.45) is 3.04. The van der Waals surface area contributed by atoms with Crippen LogP contribution in [0.25, 0.3) is 0 Å². The minimum Gasteiger partial charge on any atom is -0.376 e. The fraction of sp³-hybridized carbons (Fsp3) is 0.333. The molecule has 1 saturated carbocycles. The second-order valence-corrected chi connectivity index (χ2v) is 6.90. The fourth-order valence-electron chi connectivity index (χ4n) is 2.37. The van der Waals surface area contributed by atoms with Gasteiger partial charge in [0.05, 0.1) is 21.7 Å². The molecular formula is C15H16N4O2S2. The minimum absolute atomic E-state index is 0.0808. The highest BCUT2D eigenvalue weighted by molar-refractivity contribution is 7.80. The van der Waals surface area contributed by atoms with Gasteiger partial charge < -0.3 is 11.1 Å². The predicted octanol–water partition coefficient (Wildman–Crippen LogP) is 3.05. The molecule has 1 fully saturated rings. The molecule has 0 bridgehead atoms. The van der Waals surface area contributed by atoms with Crippen molar-refractivity contribution >= 4 is 34.4 Å². The summed E-state index contributed by atoms with van der Waals surface area (Å²) in [5.41, 5.74) is 7.60. The van der Waals surface area contributed by atoms with Crippen LogP contribution in [0.5, 0.6) is 0 Å². The zero-order valence-electron chi connectivity index (χ0n) is 12.3. The van der Waals surface area contributed by atoms with Crippen molar-refractivity contribution in [3.63, 3.8) is 0 Å². The highest BCUT2D eigenvalue weighted by Gasteiger charge is 2.28. The molecule has 0 radical (unpaired) electrons. The first kappa shape index (κ1) is 15.8. The van der Waals surface area contributed by atoms with Gasteiger partial charge in [-0.3, -0.25) is 10.1 Å². The number of hydrogen-bond acceptors (Lipinski definition) is 5. The Bertz CT molecular complexity index is 725. The van der Waals surface area contributed by atoms with Crippen LogP contribution in [0.15, 0.2) is 29.6 Å². The van der Waals surface area contributed by atoms with E-state index in [9.17, 15) is 10.1 Å². The van der Waals surface area contributed by atoms with E-state index in [1.807, 2.05) is 5.38 Å². The van der Waals surface area contributed by atoms with Gasteiger partial charge in [-0.25, -0.2) is 4.98 Å². The molecule has 1 aromatic carbocycles. The van der Waals surface area contributed by atoms with Gasteiger partial charge in [-0.05, 0) is 37.0 Å². The number of nitro groups is 1. The Balaban J connectivity index is 1.77. The Morgan fingerprint density at radius 2 is 2.17 bits per heavy atom. The lowest BCUT2D eigenvalue weighted by molar-refractivity contribution is -0.384. The third kappa shape index (κ3) is 4.02. The number of thiazole rings is 1. The Morgan fingerprint density at radius 3 is 2.74 bits per heavy atom. The Labute approximate surface area is 142 Å². The van der Waals surface area contributed by atoms with E-state index < -0.39 is 4.92 Å². The maximum atomic E-state index is 10.7. The van der Waals surface area contributed by atoms with Gasteiger partial charge >= 0.3 is 0 Å². The van der Waals surface area contributed by atoms with E-state index in [0.717, 1.165) is 11.3 Å². The highest BCUT2D eigenvalue weighted by atomic mass is 32.1. The standard InChI is InChI=1S/C15H16N4O2S2/c16-15(22)18-12(13-8-23-14(17-13)10-3-4-10)7-9-1-5-11(6-2-9)19(20)21/h1-2,5-6,8,10,12H,3-4,7H2,(H3,16,18,22)/t12-/m0/s1. The second-order valence-electron chi connectivity index (χ2n) is 5.57. The molecule has 0 spiro atoms. The van der Waals surface area contributed by atoms with Crippen molar-refractivity contribution in [2.75, 3.05) is 0 Å². The number of non-ortho nitro benzene ring substituents is 1. The van der Waals surface area contributed by atoms with Crippen LogP contribution in [0.3, 0.4) is 0 Å². The van der Waals surface area contributed by atoms with Gasteiger partial charge in [0.2, 0.25) is 0 Å². The van der Waals surface area contributed by atoms with Crippen molar-refractivity contribution in [1.29, 1.82) is 0 Å². The molecule has 3 N–H and O–H groups in total. The molecular weight excluding hydrogens is 332 g/mol. The van der Waals surface area contributed by atoms with E-state index in [1.54, 1.807) is 23.5 Å². The van der Waals surface area contributed by atoms with Crippen LogP contribution in [0, 0.1) is 10.1 Å². The van der Waals surface area contributed by atoms with E-state index in [2.05, 4.69) is 5.32 Å². The molecule has 1 aromatic heterocycles. The lowest BCUT2D eigenvalue weighted by Gasteiger charge is -2.17. The van der Waals surface area contributed by atoms with Crippen molar-refractivity contribution in [2.24, 2.45) is 5.73 Å². The Morgan fingerprint density at radius 1 is 1.48 bits per heavy atom. The molecule has 1 aliphatic carbocycles. The molecule has 0 unspecified atom stereocenters. The lowest BCUT2D eigenvalue weighted by Crippen LogP contribution is -2.34. The summed E-state index contributed by atoms with van der Waals surface area (Å²) in [6, 6.07) is 6.38. The second kappa shape index (κ2) is 6.59. The number of nitro benzene ring substituents is 1.